The molecule has 4 heterocycles. The van der Waals surface area contributed by atoms with Gasteiger partial charge in [0.2, 0.25) is 0 Å². The molecule has 2 aliphatic rings. The van der Waals surface area contributed by atoms with Crippen LogP contribution in [0.25, 0.3) is 11.4 Å². The van der Waals surface area contributed by atoms with Gasteiger partial charge in [-0.05, 0) is 50.6 Å². The van der Waals surface area contributed by atoms with E-state index in [1.54, 1.807) is 7.05 Å². The zero-order valence-corrected chi connectivity index (χ0v) is 21.6. The first kappa shape index (κ1) is 25.4. The van der Waals surface area contributed by atoms with E-state index in [4.69, 9.17) is 19.4 Å². The minimum atomic E-state index is -0.580. The van der Waals surface area contributed by atoms with Crippen LogP contribution in [-0.2, 0) is 4.74 Å². The first-order valence-corrected chi connectivity index (χ1v) is 13.0. The number of pyridine rings is 1. The van der Waals surface area contributed by atoms with Crippen molar-refractivity contribution >= 4 is 11.6 Å². The molecule has 0 spiro atoms. The van der Waals surface area contributed by atoms with Crippen LogP contribution in [-0.4, -0.2) is 78.7 Å². The molecule has 2 unspecified atom stereocenters. The maximum atomic E-state index is 10.0. The van der Waals surface area contributed by atoms with E-state index in [0.717, 1.165) is 55.3 Å². The number of aliphatic hydroxyl groups excluding tert-OH is 1. The van der Waals surface area contributed by atoms with Gasteiger partial charge in [-0.1, -0.05) is 18.2 Å². The van der Waals surface area contributed by atoms with Crippen molar-refractivity contribution in [2.24, 2.45) is 0 Å². The third-order valence-electron chi connectivity index (χ3n) is 7.01. The lowest BCUT2D eigenvalue weighted by Crippen LogP contribution is -2.29. The van der Waals surface area contributed by atoms with E-state index in [-0.39, 0.29) is 12.6 Å². The summed E-state index contributed by atoms with van der Waals surface area (Å²) in [4.78, 5) is 16.7. The zero-order chi connectivity index (χ0) is 25.6. The monoisotopic (exact) mass is 504 g/mol. The third-order valence-corrected chi connectivity index (χ3v) is 7.01. The van der Waals surface area contributed by atoms with E-state index in [0.29, 0.717) is 30.6 Å². The van der Waals surface area contributed by atoms with Crippen LogP contribution < -0.4 is 20.3 Å². The Morgan fingerprint density at radius 3 is 2.92 bits per heavy atom. The highest BCUT2D eigenvalue weighted by Gasteiger charge is 2.28. The predicted molar refractivity (Wildman–Crippen MR) is 144 cm³/mol. The molecule has 0 amide bonds. The van der Waals surface area contributed by atoms with Crippen LogP contribution in [0.1, 0.15) is 29.9 Å². The summed E-state index contributed by atoms with van der Waals surface area (Å²) in [5.74, 6) is 3.54. The average molecular weight is 505 g/mol. The summed E-state index contributed by atoms with van der Waals surface area (Å²) in [5.41, 5.74) is 3.18. The molecular formula is C28H36N6O3. The van der Waals surface area contributed by atoms with Gasteiger partial charge in [0.15, 0.2) is 5.82 Å². The maximum Gasteiger partial charge on any atom is 0.164 e. The Morgan fingerprint density at radius 2 is 2.14 bits per heavy atom. The van der Waals surface area contributed by atoms with Gasteiger partial charge in [-0.15, -0.1) is 0 Å². The van der Waals surface area contributed by atoms with Gasteiger partial charge in [0.1, 0.15) is 30.1 Å². The number of hydrogen-bond donors (Lipinski definition) is 3. The van der Waals surface area contributed by atoms with Crippen LogP contribution >= 0.6 is 0 Å². The molecule has 0 saturated carbocycles. The largest absolute Gasteiger partial charge is 0.491 e. The third kappa shape index (κ3) is 6.18. The van der Waals surface area contributed by atoms with Gasteiger partial charge in [-0.25, -0.2) is 9.97 Å². The van der Waals surface area contributed by atoms with E-state index >= 15 is 0 Å². The van der Waals surface area contributed by atoms with E-state index < -0.39 is 6.10 Å². The summed E-state index contributed by atoms with van der Waals surface area (Å²) < 4.78 is 11.4. The van der Waals surface area contributed by atoms with Gasteiger partial charge in [0, 0.05) is 55.7 Å². The second kappa shape index (κ2) is 11.9. The van der Waals surface area contributed by atoms with E-state index in [9.17, 15) is 5.11 Å². The number of aliphatic hydroxyl groups is 1. The Kier molecular flexibility index (Phi) is 8.13. The first-order valence-electron chi connectivity index (χ1n) is 13.0. The van der Waals surface area contributed by atoms with E-state index in [2.05, 4.69) is 33.5 Å². The normalized spacial score (nSPS) is 20.2. The maximum absolute atomic E-state index is 10.0. The lowest BCUT2D eigenvalue weighted by atomic mass is 10.0. The SMILES string of the molecule is CNCC(O)COc1cccc(-c2nc(N[C@@H]3CCOC3)c(C)c(N3CCC(c4cccnc4)C3)n2)c1. The summed E-state index contributed by atoms with van der Waals surface area (Å²) in [5, 5.41) is 16.6. The lowest BCUT2D eigenvalue weighted by molar-refractivity contribution is 0.108. The van der Waals surface area contributed by atoms with Gasteiger partial charge in [-0.2, -0.15) is 0 Å². The highest BCUT2D eigenvalue weighted by atomic mass is 16.5. The van der Waals surface area contributed by atoms with Crippen LogP contribution in [0, 0.1) is 6.92 Å². The molecule has 3 aromatic rings. The molecular weight excluding hydrogens is 468 g/mol. The van der Waals surface area contributed by atoms with Gasteiger partial charge >= 0.3 is 0 Å². The van der Waals surface area contributed by atoms with Crippen LogP contribution in [0.2, 0.25) is 0 Å². The second-order valence-corrected chi connectivity index (χ2v) is 9.82. The molecule has 3 atom stereocenters. The number of rotatable bonds is 10. The summed E-state index contributed by atoms with van der Waals surface area (Å²) in [6, 6.07) is 12.2. The fourth-order valence-electron chi connectivity index (χ4n) is 4.98. The van der Waals surface area contributed by atoms with E-state index in [1.807, 2.05) is 42.7 Å². The molecule has 0 aliphatic carbocycles. The highest BCUT2D eigenvalue weighted by Crippen LogP contribution is 2.35. The van der Waals surface area contributed by atoms with Crippen molar-refractivity contribution < 1.29 is 14.6 Å². The van der Waals surface area contributed by atoms with Crippen molar-refractivity contribution in [2.45, 2.75) is 37.8 Å². The van der Waals surface area contributed by atoms with E-state index in [1.165, 1.54) is 5.56 Å². The fourth-order valence-corrected chi connectivity index (χ4v) is 4.98. The number of ether oxygens (including phenoxy) is 2. The molecule has 5 rings (SSSR count). The Hall–Kier alpha value is -3.27. The smallest absolute Gasteiger partial charge is 0.164 e. The summed E-state index contributed by atoms with van der Waals surface area (Å²) >= 11 is 0. The zero-order valence-electron chi connectivity index (χ0n) is 21.6. The minimum absolute atomic E-state index is 0.211. The average Bonchev–Trinajstić information content (AvgIpc) is 3.62. The molecule has 2 saturated heterocycles. The summed E-state index contributed by atoms with van der Waals surface area (Å²) in [6.45, 7) is 6.04. The van der Waals surface area contributed by atoms with Crippen LogP contribution in [0.3, 0.4) is 0 Å². The Labute approximate surface area is 218 Å². The Balaban J connectivity index is 1.43. The van der Waals surface area contributed by atoms with Gasteiger partial charge < -0.3 is 30.1 Å². The Morgan fingerprint density at radius 1 is 1.22 bits per heavy atom. The standard InChI is InChI=1S/C28H36N6O3/c1-19-26(31-23-9-12-36-17-23)32-27(20-5-3-7-25(13-20)37-18-24(35)15-29-2)33-28(19)34-11-8-22(16-34)21-6-4-10-30-14-21/h3-7,10,13-14,22-24,29,35H,8-9,11-12,15-18H2,1-2H3,(H,31,32,33)/t22?,23-,24?/m1/s1. The van der Waals surface area contributed by atoms with Crippen molar-refractivity contribution in [1.29, 1.82) is 0 Å². The molecule has 9 heteroatoms. The van der Waals surface area contributed by atoms with Crippen molar-refractivity contribution in [3.63, 3.8) is 0 Å². The van der Waals surface area contributed by atoms with Crippen LogP contribution in [0.5, 0.6) is 5.75 Å². The molecule has 2 fully saturated rings. The number of benzene rings is 1. The predicted octanol–water partition coefficient (Wildman–Crippen LogP) is 3.00. The van der Waals surface area contributed by atoms with Crippen molar-refractivity contribution in [2.75, 3.05) is 56.7 Å². The molecule has 196 valence electrons. The van der Waals surface area contributed by atoms with Crippen molar-refractivity contribution in [1.82, 2.24) is 20.3 Å². The number of likely N-dealkylation sites (N-methyl/N-ethyl adjacent to an activating group) is 1. The van der Waals surface area contributed by atoms with Gasteiger partial charge in [0.25, 0.3) is 0 Å². The highest BCUT2D eigenvalue weighted by molar-refractivity contribution is 5.67. The second-order valence-electron chi connectivity index (χ2n) is 9.82. The number of aromatic nitrogens is 3. The molecule has 2 aromatic heterocycles. The molecule has 2 aliphatic heterocycles. The number of anilines is 2. The molecule has 3 N–H and O–H groups in total. The topological polar surface area (TPSA) is 105 Å². The fraction of sp³-hybridized carbons (Fsp3) is 0.464. The minimum Gasteiger partial charge on any atom is -0.491 e. The Bertz CT molecular complexity index is 1170. The molecule has 0 bridgehead atoms. The lowest BCUT2D eigenvalue weighted by Gasteiger charge is -2.23. The molecule has 0 radical (unpaired) electrons. The number of hydrogen-bond acceptors (Lipinski definition) is 9. The molecule has 1 aromatic carbocycles. The number of nitrogens with one attached hydrogen (secondary N) is 2. The van der Waals surface area contributed by atoms with Crippen molar-refractivity contribution in [3.05, 3.63) is 59.9 Å². The van der Waals surface area contributed by atoms with Crippen LogP contribution in [0.15, 0.2) is 48.8 Å². The van der Waals surface area contributed by atoms with Gasteiger partial charge in [-0.3, -0.25) is 4.98 Å². The summed E-state index contributed by atoms with van der Waals surface area (Å²) in [6.07, 6.45) is 5.23. The summed E-state index contributed by atoms with van der Waals surface area (Å²) in [7, 11) is 1.80. The molecule has 9 nitrogen and oxygen atoms in total. The quantitative estimate of drug-likeness (QED) is 0.384. The van der Waals surface area contributed by atoms with Crippen LogP contribution in [0.4, 0.5) is 11.6 Å². The number of nitrogens with zero attached hydrogens (tertiary/aromatic N) is 4. The first-order chi connectivity index (χ1) is 18.1. The van der Waals surface area contributed by atoms with Gasteiger partial charge in [0.05, 0.1) is 12.6 Å². The molecule has 37 heavy (non-hydrogen) atoms. The van der Waals surface area contributed by atoms with Crippen molar-refractivity contribution in [3.8, 4) is 17.1 Å².